The molecule has 1 aliphatic carbocycles. The van der Waals surface area contributed by atoms with Crippen LogP contribution in [-0.4, -0.2) is 39.8 Å². The van der Waals surface area contributed by atoms with Gasteiger partial charge in [0.15, 0.2) is 0 Å². The minimum atomic E-state index is 0.160. The zero-order valence-corrected chi connectivity index (χ0v) is 15.7. The Bertz CT molecular complexity index is 808. The first-order valence-corrected chi connectivity index (χ1v) is 10.5. The molecule has 0 bridgehead atoms. The molecule has 0 radical (unpaired) electrons. The van der Waals surface area contributed by atoms with E-state index in [9.17, 15) is 4.79 Å². The van der Waals surface area contributed by atoms with Crippen LogP contribution in [0.2, 0.25) is 0 Å². The van der Waals surface area contributed by atoms with Gasteiger partial charge in [0.05, 0.1) is 0 Å². The van der Waals surface area contributed by atoms with Gasteiger partial charge in [-0.05, 0) is 43.2 Å². The van der Waals surface area contributed by atoms with E-state index in [1.165, 1.54) is 35.5 Å². The van der Waals surface area contributed by atoms with Crippen LogP contribution in [0.1, 0.15) is 48.6 Å². The Hall–Kier alpha value is -1.95. The fourth-order valence-corrected chi connectivity index (χ4v) is 4.92. The number of hydrogen-bond acceptors (Lipinski definition) is 5. The number of rotatable bonds is 3. The Balaban J connectivity index is 1.19. The van der Waals surface area contributed by atoms with Crippen molar-refractivity contribution in [2.24, 2.45) is 5.92 Å². The Morgan fingerprint density at radius 2 is 1.81 bits per heavy atom. The summed E-state index contributed by atoms with van der Waals surface area (Å²) in [5, 5.41) is 1.05. The third-order valence-electron chi connectivity index (χ3n) is 5.93. The van der Waals surface area contributed by atoms with Crippen molar-refractivity contribution in [1.82, 2.24) is 14.3 Å². The predicted molar refractivity (Wildman–Crippen MR) is 102 cm³/mol. The normalized spacial score (nSPS) is 20.9. The average Bonchev–Trinajstić information content (AvgIpc) is 3.44. The molecule has 3 heterocycles. The van der Waals surface area contributed by atoms with Crippen molar-refractivity contribution >= 4 is 22.6 Å². The lowest BCUT2D eigenvalue weighted by molar-refractivity contribution is -0.137. The molecule has 0 spiro atoms. The zero-order valence-electron chi connectivity index (χ0n) is 14.9. The highest BCUT2D eigenvalue weighted by molar-refractivity contribution is 7.09. The maximum Gasteiger partial charge on any atom is 0.226 e. The van der Waals surface area contributed by atoms with Gasteiger partial charge in [-0.1, -0.05) is 24.3 Å². The van der Waals surface area contributed by atoms with Crippen LogP contribution in [0.5, 0.6) is 0 Å². The SMILES string of the molecule is O=C(C1CCN(c2nc(C3CC3)ns2)CC1)N1CCc2ccccc2C1. The van der Waals surface area contributed by atoms with Crippen molar-refractivity contribution in [2.75, 3.05) is 24.5 Å². The Morgan fingerprint density at radius 3 is 2.58 bits per heavy atom. The van der Waals surface area contributed by atoms with Gasteiger partial charge >= 0.3 is 0 Å². The fourth-order valence-electron chi connectivity index (χ4n) is 4.12. The Labute approximate surface area is 158 Å². The molecule has 1 aromatic carbocycles. The molecule has 0 unspecified atom stereocenters. The molecule has 1 amide bonds. The standard InChI is InChI=1S/C20H24N4OS/c25-19(24-12-7-14-3-1-2-4-17(14)13-24)16-8-10-23(11-9-16)20-21-18(22-26-20)15-5-6-15/h1-4,15-16H,5-13H2. The van der Waals surface area contributed by atoms with Gasteiger partial charge in [0.1, 0.15) is 5.82 Å². The highest BCUT2D eigenvalue weighted by atomic mass is 32.1. The second kappa shape index (κ2) is 6.65. The van der Waals surface area contributed by atoms with Gasteiger partial charge in [-0.15, -0.1) is 0 Å². The summed E-state index contributed by atoms with van der Waals surface area (Å²) in [4.78, 5) is 22.1. The summed E-state index contributed by atoms with van der Waals surface area (Å²) in [6.45, 7) is 3.47. The van der Waals surface area contributed by atoms with Crippen LogP contribution in [-0.2, 0) is 17.8 Å². The van der Waals surface area contributed by atoms with Gasteiger partial charge in [0.2, 0.25) is 11.0 Å². The monoisotopic (exact) mass is 368 g/mol. The Morgan fingerprint density at radius 1 is 1.04 bits per heavy atom. The number of anilines is 1. The summed E-state index contributed by atoms with van der Waals surface area (Å²) >= 11 is 1.52. The summed E-state index contributed by atoms with van der Waals surface area (Å²) in [5.74, 6) is 2.15. The van der Waals surface area contributed by atoms with Crippen molar-refractivity contribution in [3.8, 4) is 0 Å². The molecule has 5 rings (SSSR count). The van der Waals surface area contributed by atoms with E-state index >= 15 is 0 Å². The molecule has 0 N–H and O–H groups in total. The number of hydrogen-bond donors (Lipinski definition) is 0. The molecule has 0 atom stereocenters. The lowest BCUT2D eigenvalue weighted by atomic mass is 9.93. The van der Waals surface area contributed by atoms with E-state index in [1.54, 1.807) is 0 Å². The quantitative estimate of drug-likeness (QED) is 0.835. The van der Waals surface area contributed by atoms with Gasteiger partial charge in [-0.2, -0.15) is 4.37 Å². The summed E-state index contributed by atoms with van der Waals surface area (Å²) in [7, 11) is 0. The topological polar surface area (TPSA) is 49.3 Å². The van der Waals surface area contributed by atoms with Gasteiger partial charge in [0.25, 0.3) is 0 Å². The van der Waals surface area contributed by atoms with Crippen molar-refractivity contribution in [3.05, 3.63) is 41.2 Å². The highest BCUT2D eigenvalue weighted by Gasteiger charge is 2.32. The van der Waals surface area contributed by atoms with E-state index < -0.39 is 0 Å². The first-order chi connectivity index (χ1) is 12.8. The predicted octanol–water partition coefficient (Wildman–Crippen LogP) is 3.22. The fraction of sp³-hybridized carbons (Fsp3) is 0.550. The van der Waals surface area contributed by atoms with Crippen LogP contribution in [0.4, 0.5) is 5.13 Å². The molecule has 2 aromatic rings. The number of piperidine rings is 1. The average molecular weight is 369 g/mol. The van der Waals surface area contributed by atoms with Crippen molar-refractivity contribution in [3.63, 3.8) is 0 Å². The molecule has 3 aliphatic rings. The van der Waals surface area contributed by atoms with Crippen LogP contribution in [0, 0.1) is 5.92 Å². The number of carbonyl (C=O) groups excluding carboxylic acids is 1. The number of benzene rings is 1. The van der Waals surface area contributed by atoms with Gasteiger partial charge < -0.3 is 9.80 Å². The molecule has 5 nitrogen and oxygen atoms in total. The number of carbonyl (C=O) groups is 1. The largest absolute Gasteiger partial charge is 0.347 e. The number of amides is 1. The molecule has 1 saturated heterocycles. The van der Waals surface area contributed by atoms with E-state index in [0.29, 0.717) is 11.8 Å². The van der Waals surface area contributed by atoms with E-state index in [2.05, 4.69) is 38.4 Å². The smallest absolute Gasteiger partial charge is 0.226 e. The van der Waals surface area contributed by atoms with Crippen molar-refractivity contribution in [1.29, 1.82) is 0 Å². The summed E-state index contributed by atoms with van der Waals surface area (Å²) in [6.07, 6.45) is 5.32. The third kappa shape index (κ3) is 3.11. The first-order valence-electron chi connectivity index (χ1n) is 9.72. The molecular weight excluding hydrogens is 344 g/mol. The molecule has 136 valence electrons. The lowest BCUT2D eigenvalue weighted by Gasteiger charge is -2.36. The third-order valence-corrected chi connectivity index (χ3v) is 6.72. The summed E-state index contributed by atoms with van der Waals surface area (Å²) < 4.78 is 4.52. The molecule has 1 aromatic heterocycles. The number of fused-ring (bicyclic) bond motifs is 1. The van der Waals surface area contributed by atoms with Crippen LogP contribution >= 0.6 is 11.5 Å². The minimum Gasteiger partial charge on any atom is -0.347 e. The van der Waals surface area contributed by atoms with Gasteiger partial charge in [-0.25, -0.2) is 4.98 Å². The molecule has 2 fully saturated rings. The van der Waals surface area contributed by atoms with Crippen LogP contribution in [0.25, 0.3) is 0 Å². The molecular formula is C20H24N4OS. The second-order valence-corrected chi connectivity index (χ2v) is 8.48. The van der Waals surface area contributed by atoms with Crippen LogP contribution in [0.3, 0.4) is 0 Å². The van der Waals surface area contributed by atoms with E-state index in [-0.39, 0.29) is 5.92 Å². The first kappa shape index (κ1) is 16.2. The van der Waals surface area contributed by atoms with Crippen LogP contribution < -0.4 is 4.90 Å². The second-order valence-electron chi connectivity index (χ2n) is 7.75. The molecule has 6 heteroatoms. The van der Waals surface area contributed by atoms with Crippen molar-refractivity contribution < 1.29 is 4.79 Å². The number of aromatic nitrogens is 2. The number of nitrogens with zero attached hydrogens (tertiary/aromatic N) is 4. The highest BCUT2D eigenvalue weighted by Crippen LogP contribution is 2.40. The van der Waals surface area contributed by atoms with Crippen molar-refractivity contribution in [2.45, 2.75) is 44.6 Å². The maximum atomic E-state index is 13.0. The molecule has 2 aliphatic heterocycles. The van der Waals surface area contributed by atoms with Gasteiger partial charge in [0, 0.05) is 49.5 Å². The molecule has 1 saturated carbocycles. The Kier molecular flexibility index (Phi) is 4.15. The maximum absolute atomic E-state index is 13.0. The van der Waals surface area contributed by atoms with Gasteiger partial charge in [-0.3, -0.25) is 4.79 Å². The molecule has 26 heavy (non-hydrogen) atoms. The van der Waals surface area contributed by atoms with E-state index in [0.717, 1.165) is 56.4 Å². The minimum absolute atomic E-state index is 0.160. The lowest BCUT2D eigenvalue weighted by Crippen LogP contribution is -2.44. The summed E-state index contributed by atoms with van der Waals surface area (Å²) in [6, 6.07) is 8.51. The van der Waals surface area contributed by atoms with E-state index in [1.807, 2.05) is 0 Å². The van der Waals surface area contributed by atoms with Crippen LogP contribution in [0.15, 0.2) is 24.3 Å². The van der Waals surface area contributed by atoms with E-state index in [4.69, 9.17) is 4.98 Å². The zero-order chi connectivity index (χ0) is 17.5. The summed E-state index contributed by atoms with van der Waals surface area (Å²) in [5.41, 5.74) is 2.71.